The highest BCUT2D eigenvalue weighted by Crippen LogP contribution is 2.16. The first-order valence-corrected chi connectivity index (χ1v) is 25.7. The number of unbranched alkanes of at least 4 members (excludes halogenated alkanes) is 34. The Kier molecular flexibility index (Phi) is 46.3. The molecule has 58 heavy (non-hydrogen) atoms. The molecule has 0 saturated carbocycles. The Hall–Kier alpha value is -1.85. The van der Waals surface area contributed by atoms with Crippen molar-refractivity contribution in [2.75, 3.05) is 13.2 Å². The van der Waals surface area contributed by atoms with Crippen molar-refractivity contribution in [3.63, 3.8) is 0 Å². The number of allylic oxidation sites excluding steroid dienone is 2. The van der Waals surface area contributed by atoms with Crippen LogP contribution in [0.5, 0.6) is 0 Å². The number of esters is 3. The average Bonchev–Trinajstić information content (AvgIpc) is 3.22. The highest BCUT2D eigenvalue weighted by atomic mass is 16.6. The normalized spacial score (nSPS) is 12.0. The maximum atomic E-state index is 12.7. The van der Waals surface area contributed by atoms with Gasteiger partial charge in [0.15, 0.2) is 6.10 Å². The standard InChI is InChI=1S/C52H98O6/c1-4-7-10-13-15-17-19-21-23-25-27-28-30-32-34-36-39-42-45-51(54)57-48-49(47-56-50(53)44-41-38-12-9-6-3)58-52(55)46-43-40-37-35-33-31-29-26-24-22-20-18-16-14-11-8-5-2/h23,25,49H,4-22,24,26-48H2,1-3H3/b25-23-. The molecular weight excluding hydrogens is 721 g/mol. The van der Waals surface area contributed by atoms with Crippen LogP contribution in [0.3, 0.4) is 0 Å². The predicted molar refractivity (Wildman–Crippen MR) is 247 cm³/mol. The van der Waals surface area contributed by atoms with Crippen molar-refractivity contribution in [1.29, 1.82) is 0 Å². The third-order valence-electron chi connectivity index (χ3n) is 11.5. The van der Waals surface area contributed by atoms with Crippen molar-refractivity contribution in [2.45, 2.75) is 290 Å². The van der Waals surface area contributed by atoms with E-state index in [1.165, 1.54) is 180 Å². The molecule has 0 saturated heterocycles. The minimum atomic E-state index is -0.763. The molecule has 0 bridgehead atoms. The summed E-state index contributed by atoms with van der Waals surface area (Å²) in [6.45, 7) is 6.59. The Balaban J connectivity index is 4.12. The summed E-state index contributed by atoms with van der Waals surface area (Å²) in [7, 11) is 0. The van der Waals surface area contributed by atoms with Crippen LogP contribution in [0.1, 0.15) is 284 Å². The molecule has 0 rings (SSSR count). The molecular formula is C52H98O6. The first-order chi connectivity index (χ1) is 28.5. The van der Waals surface area contributed by atoms with E-state index in [4.69, 9.17) is 14.2 Å². The third kappa shape index (κ3) is 45.2. The molecule has 0 fully saturated rings. The monoisotopic (exact) mass is 819 g/mol. The molecule has 0 amide bonds. The molecule has 0 heterocycles. The summed E-state index contributed by atoms with van der Waals surface area (Å²) in [4.78, 5) is 37.6. The van der Waals surface area contributed by atoms with Crippen molar-refractivity contribution in [2.24, 2.45) is 0 Å². The molecule has 0 radical (unpaired) electrons. The van der Waals surface area contributed by atoms with Gasteiger partial charge in [0.25, 0.3) is 0 Å². The summed E-state index contributed by atoms with van der Waals surface area (Å²) in [5.74, 6) is -0.871. The molecule has 1 unspecified atom stereocenters. The molecule has 0 aliphatic heterocycles. The van der Waals surface area contributed by atoms with Gasteiger partial charge < -0.3 is 14.2 Å². The maximum absolute atomic E-state index is 12.7. The van der Waals surface area contributed by atoms with Crippen LogP contribution in [-0.2, 0) is 28.6 Å². The van der Waals surface area contributed by atoms with Gasteiger partial charge in [-0.2, -0.15) is 0 Å². The second kappa shape index (κ2) is 47.8. The van der Waals surface area contributed by atoms with Gasteiger partial charge in [-0.25, -0.2) is 0 Å². The quantitative estimate of drug-likeness (QED) is 0.0263. The van der Waals surface area contributed by atoms with E-state index in [0.717, 1.165) is 64.2 Å². The van der Waals surface area contributed by atoms with Gasteiger partial charge >= 0.3 is 17.9 Å². The number of hydrogen-bond donors (Lipinski definition) is 0. The smallest absolute Gasteiger partial charge is 0.306 e. The SMILES string of the molecule is CCCCCCCCC/C=C\CCCCCCCCCC(=O)OCC(COC(=O)CCCCCCC)OC(=O)CCCCCCCCCCCCCCCCCCC. The molecule has 1 atom stereocenters. The van der Waals surface area contributed by atoms with E-state index in [-0.39, 0.29) is 31.1 Å². The highest BCUT2D eigenvalue weighted by Gasteiger charge is 2.19. The van der Waals surface area contributed by atoms with Gasteiger partial charge in [-0.05, 0) is 44.9 Å². The van der Waals surface area contributed by atoms with E-state index in [9.17, 15) is 14.4 Å². The fourth-order valence-corrected chi connectivity index (χ4v) is 7.61. The van der Waals surface area contributed by atoms with E-state index >= 15 is 0 Å². The van der Waals surface area contributed by atoms with Crippen molar-refractivity contribution >= 4 is 17.9 Å². The highest BCUT2D eigenvalue weighted by molar-refractivity contribution is 5.71. The van der Waals surface area contributed by atoms with Gasteiger partial charge in [-0.1, -0.05) is 232 Å². The molecule has 0 N–H and O–H groups in total. The van der Waals surface area contributed by atoms with E-state index in [1.54, 1.807) is 0 Å². The molecule has 0 spiro atoms. The van der Waals surface area contributed by atoms with E-state index < -0.39 is 6.10 Å². The molecule has 0 aliphatic carbocycles. The maximum Gasteiger partial charge on any atom is 0.306 e. The minimum Gasteiger partial charge on any atom is -0.462 e. The Bertz CT molecular complexity index is 900. The van der Waals surface area contributed by atoms with Crippen LogP contribution < -0.4 is 0 Å². The molecule has 0 aromatic rings. The van der Waals surface area contributed by atoms with Gasteiger partial charge in [0.05, 0.1) is 0 Å². The Labute approximate surface area is 360 Å². The van der Waals surface area contributed by atoms with Gasteiger partial charge in [-0.15, -0.1) is 0 Å². The summed E-state index contributed by atoms with van der Waals surface area (Å²) < 4.78 is 16.7. The van der Waals surface area contributed by atoms with Crippen molar-refractivity contribution in [1.82, 2.24) is 0 Å². The zero-order valence-corrected chi connectivity index (χ0v) is 39.1. The van der Waals surface area contributed by atoms with Crippen LogP contribution in [0.2, 0.25) is 0 Å². The predicted octanol–water partition coefficient (Wildman–Crippen LogP) is 16.6. The van der Waals surface area contributed by atoms with Crippen molar-refractivity contribution in [3.05, 3.63) is 12.2 Å². The summed E-state index contributed by atoms with van der Waals surface area (Å²) in [6, 6.07) is 0. The fourth-order valence-electron chi connectivity index (χ4n) is 7.61. The number of carbonyl (C=O) groups is 3. The van der Waals surface area contributed by atoms with E-state index in [2.05, 4.69) is 32.9 Å². The summed E-state index contributed by atoms with van der Waals surface area (Å²) in [5, 5.41) is 0. The molecule has 6 heteroatoms. The first kappa shape index (κ1) is 56.1. The van der Waals surface area contributed by atoms with Crippen LogP contribution in [0.4, 0.5) is 0 Å². The zero-order valence-electron chi connectivity index (χ0n) is 39.1. The number of hydrogen-bond acceptors (Lipinski definition) is 6. The van der Waals surface area contributed by atoms with Crippen LogP contribution in [-0.4, -0.2) is 37.2 Å². The summed E-state index contributed by atoms with van der Waals surface area (Å²) in [6.07, 6.45) is 52.3. The summed E-state index contributed by atoms with van der Waals surface area (Å²) in [5.41, 5.74) is 0. The van der Waals surface area contributed by atoms with Crippen LogP contribution >= 0.6 is 0 Å². The van der Waals surface area contributed by atoms with E-state index in [0.29, 0.717) is 19.3 Å². The lowest BCUT2D eigenvalue weighted by Crippen LogP contribution is -2.30. The lowest BCUT2D eigenvalue weighted by Gasteiger charge is -2.18. The lowest BCUT2D eigenvalue weighted by molar-refractivity contribution is -0.167. The number of ether oxygens (including phenoxy) is 3. The van der Waals surface area contributed by atoms with Crippen LogP contribution in [0.15, 0.2) is 12.2 Å². The largest absolute Gasteiger partial charge is 0.462 e. The van der Waals surface area contributed by atoms with Gasteiger partial charge in [0.2, 0.25) is 0 Å². The molecule has 0 aromatic heterocycles. The molecule has 0 aliphatic rings. The molecule has 342 valence electrons. The van der Waals surface area contributed by atoms with Gasteiger partial charge in [-0.3, -0.25) is 14.4 Å². The van der Waals surface area contributed by atoms with Crippen LogP contribution in [0.25, 0.3) is 0 Å². The fraction of sp³-hybridized carbons (Fsp3) is 0.904. The minimum absolute atomic E-state index is 0.0686. The van der Waals surface area contributed by atoms with Crippen LogP contribution in [0, 0.1) is 0 Å². The molecule has 0 aromatic carbocycles. The third-order valence-corrected chi connectivity index (χ3v) is 11.5. The number of carbonyl (C=O) groups excluding carboxylic acids is 3. The Morgan fingerprint density at radius 2 is 0.569 bits per heavy atom. The number of rotatable bonds is 47. The van der Waals surface area contributed by atoms with Crippen molar-refractivity contribution < 1.29 is 28.6 Å². The van der Waals surface area contributed by atoms with Gasteiger partial charge in [0.1, 0.15) is 13.2 Å². The lowest BCUT2D eigenvalue weighted by atomic mass is 10.0. The Morgan fingerprint density at radius 1 is 0.328 bits per heavy atom. The average molecular weight is 819 g/mol. The Morgan fingerprint density at radius 3 is 0.862 bits per heavy atom. The second-order valence-electron chi connectivity index (χ2n) is 17.4. The second-order valence-corrected chi connectivity index (χ2v) is 17.4. The molecule has 6 nitrogen and oxygen atoms in total. The zero-order chi connectivity index (χ0) is 42.3. The first-order valence-electron chi connectivity index (χ1n) is 25.7. The van der Waals surface area contributed by atoms with Crippen molar-refractivity contribution in [3.8, 4) is 0 Å². The topological polar surface area (TPSA) is 78.9 Å². The summed E-state index contributed by atoms with van der Waals surface area (Å²) >= 11 is 0. The van der Waals surface area contributed by atoms with E-state index in [1.807, 2.05) is 0 Å². The van der Waals surface area contributed by atoms with Gasteiger partial charge in [0, 0.05) is 19.3 Å².